The summed E-state index contributed by atoms with van der Waals surface area (Å²) in [4.78, 5) is 21.5. The van der Waals surface area contributed by atoms with Crippen molar-refractivity contribution in [2.75, 3.05) is 5.32 Å². The molecule has 0 radical (unpaired) electrons. The van der Waals surface area contributed by atoms with Crippen LogP contribution in [0.3, 0.4) is 0 Å². The maximum absolute atomic E-state index is 12.7. The summed E-state index contributed by atoms with van der Waals surface area (Å²) in [5, 5.41) is 6.13. The van der Waals surface area contributed by atoms with E-state index in [2.05, 4.69) is 20.6 Å². The van der Waals surface area contributed by atoms with Gasteiger partial charge in [0.2, 0.25) is 5.95 Å². The predicted octanol–water partition coefficient (Wildman–Crippen LogP) is 4.81. The van der Waals surface area contributed by atoms with E-state index >= 15 is 0 Å². The third-order valence-electron chi connectivity index (χ3n) is 4.22. The average Bonchev–Trinajstić information content (AvgIpc) is 2.69. The number of rotatable bonds is 7. The Balaban J connectivity index is 1.71. The standard InChI is InChI=1S/C23H26N4O2/c1-15(2)29-20-12-10-19(11-13-20)26-23-24-16(3)14-21(27-23)22(28)25-17(4)18-8-6-5-7-9-18/h5-15,17H,1-4H3,(H,25,28)(H,24,26,27). The summed E-state index contributed by atoms with van der Waals surface area (Å²) >= 11 is 0. The Morgan fingerprint density at radius 3 is 2.31 bits per heavy atom. The van der Waals surface area contributed by atoms with Gasteiger partial charge in [-0.15, -0.1) is 0 Å². The number of aryl methyl sites for hydroxylation is 1. The van der Waals surface area contributed by atoms with Crippen LogP contribution in [0.25, 0.3) is 0 Å². The third kappa shape index (κ3) is 5.78. The molecule has 0 spiro atoms. The smallest absolute Gasteiger partial charge is 0.270 e. The highest BCUT2D eigenvalue weighted by Crippen LogP contribution is 2.20. The number of benzene rings is 2. The second-order valence-corrected chi connectivity index (χ2v) is 7.14. The van der Waals surface area contributed by atoms with E-state index in [-0.39, 0.29) is 18.1 Å². The van der Waals surface area contributed by atoms with E-state index in [0.717, 1.165) is 17.0 Å². The molecule has 1 heterocycles. The number of aromatic nitrogens is 2. The third-order valence-corrected chi connectivity index (χ3v) is 4.22. The lowest BCUT2D eigenvalue weighted by atomic mass is 10.1. The summed E-state index contributed by atoms with van der Waals surface area (Å²) in [6.07, 6.45) is 0.119. The molecule has 6 nitrogen and oxygen atoms in total. The zero-order valence-electron chi connectivity index (χ0n) is 17.1. The molecular weight excluding hydrogens is 364 g/mol. The van der Waals surface area contributed by atoms with Gasteiger partial charge in [-0.2, -0.15) is 0 Å². The van der Waals surface area contributed by atoms with Crippen molar-refractivity contribution in [3.63, 3.8) is 0 Å². The van der Waals surface area contributed by atoms with Crippen molar-refractivity contribution in [3.05, 3.63) is 77.6 Å². The van der Waals surface area contributed by atoms with E-state index in [1.807, 2.05) is 82.3 Å². The van der Waals surface area contributed by atoms with Crippen LogP contribution in [-0.2, 0) is 0 Å². The molecule has 1 atom stereocenters. The molecule has 0 bridgehead atoms. The van der Waals surface area contributed by atoms with E-state index < -0.39 is 0 Å². The van der Waals surface area contributed by atoms with Gasteiger partial charge in [0.1, 0.15) is 11.4 Å². The summed E-state index contributed by atoms with van der Waals surface area (Å²) in [5.41, 5.74) is 2.88. The number of hydrogen-bond acceptors (Lipinski definition) is 5. The Morgan fingerprint density at radius 1 is 0.966 bits per heavy atom. The van der Waals surface area contributed by atoms with Crippen molar-refractivity contribution in [3.8, 4) is 5.75 Å². The lowest BCUT2D eigenvalue weighted by molar-refractivity contribution is 0.0934. The molecule has 0 saturated carbocycles. The molecule has 2 N–H and O–H groups in total. The summed E-state index contributed by atoms with van der Waals surface area (Å²) in [5.74, 6) is 0.932. The van der Waals surface area contributed by atoms with Gasteiger partial charge < -0.3 is 15.4 Å². The minimum atomic E-state index is -0.240. The van der Waals surface area contributed by atoms with Crippen LogP contribution in [0.1, 0.15) is 48.6 Å². The van der Waals surface area contributed by atoms with Crippen molar-refractivity contribution < 1.29 is 9.53 Å². The fraction of sp³-hybridized carbons (Fsp3) is 0.261. The average molecular weight is 390 g/mol. The summed E-state index contributed by atoms with van der Waals surface area (Å²) < 4.78 is 5.65. The van der Waals surface area contributed by atoms with Gasteiger partial charge in [0, 0.05) is 11.4 Å². The van der Waals surface area contributed by atoms with Gasteiger partial charge >= 0.3 is 0 Å². The zero-order chi connectivity index (χ0) is 20.8. The predicted molar refractivity (Wildman–Crippen MR) is 115 cm³/mol. The van der Waals surface area contributed by atoms with Gasteiger partial charge in [0.25, 0.3) is 5.91 Å². The first-order valence-electron chi connectivity index (χ1n) is 9.66. The summed E-state index contributed by atoms with van der Waals surface area (Å²) in [6.45, 7) is 7.75. The molecule has 1 amide bonds. The number of ether oxygens (including phenoxy) is 1. The van der Waals surface area contributed by atoms with E-state index in [9.17, 15) is 4.79 Å². The molecule has 0 saturated heterocycles. The molecule has 0 fully saturated rings. The van der Waals surface area contributed by atoms with E-state index in [1.165, 1.54) is 0 Å². The number of nitrogens with one attached hydrogen (secondary N) is 2. The van der Waals surface area contributed by atoms with Crippen LogP contribution in [0, 0.1) is 6.92 Å². The van der Waals surface area contributed by atoms with Crippen molar-refractivity contribution in [1.82, 2.24) is 15.3 Å². The van der Waals surface area contributed by atoms with Gasteiger partial charge in [-0.05, 0) is 63.6 Å². The fourth-order valence-corrected chi connectivity index (χ4v) is 2.85. The van der Waals surface area contributed by atoms with Crippen LogP contribution in [-0.4, -0.2) is 22.0 Å². The maximum Gasteiger partial charge on any atom is 0.270 e. The van der Waals surface area contributed by atoms with E-state index in [1.54, 1.807) is 6.07 Å². The van der Waals surface area contributed by atoms with E-state index in [4.69, 9.17) is 4.74 Å². The zero-order valence-corrected chi connectivity index (χ0v) is 17.1. The fourth-order valence-electron chi connectivity index (χ4n) is 2.85. The largest absolute Gasteiger partial charge is 0.491 e. The van der Waals surface area contributed by atoms with Gasteiger partial charge in [-0.25, -0.2) is 9.97 Å². The first kappa shape index (κ1) is 20.3. The van der Waals surface area contributed by atoms with Crippen molar-refractivity contribution in [2.24, 2.45) is 0 Å². The number of carbonyl (C=O) groups excluding carboxylic acids is 1. The highest BCUT2D eigenvalue weighted by molar-refractivity contribution is 5.93. The molecule has 29 heavy (non-hydrogen) atoms. The molecule has 150 valence electrons. The number of carbonyl (C=O) groups is 1. The maximum atomic E-state index is 12.7. The molecule has 0 aliphatic rings. The van der Waals surface area contributed by atoms with Crippen LogP contribution in [0.4, 0.5) is 11.6 Å². The second-order valence-electron chi connectivity index (χ2n) is 7.14. The van der Waals surface area contributed by atoms with Crippen LogP contribution in [0.2, 0.25) is 0 Å². The van der Waals surface area contributed by atoms with Gasteiger partial charge in [-0.3, -0.25) is 4.79 Å². The molecule has 1 unspecified atom stereocenters. The SMILES string of the molecule is Cc1cc(C(=O)NC(C)c2ccccc2)nc(Nc2ccc(OC(C)C)cc2)n1. The van der Waals surface area contributed by atoms with Crippen LogP contribution in [0.15, 0.2) is 60.7 Å². The Morgan fingerprint density at radius 2 is 1.66 bits per heavy atom. The number of nitrogens with zero attached hydrogens (tertiary/aromatic N) is 2. The highest BCUT2D eigenvalue weighted by atomic mass is 16.5. The lowest BCUT2D eigenvalue weighted by Crippen LogP contribution is -2.27. The molecule has 2 aromatic carbocycles. The monoisotopic (exact) mass is 390 g/mol. The Kier molecular flexibility index (Phi) is 6.44. The molecule has 1 aromatic heterocycles. The normalized spacial score (nSPS) is 11.8. The Hall–Kier alpha value is -3.41. The second kappa shape index (κ2) is 9.19. The first-order valence-corrected chi connectivity index (χ1v) is 9.66. The Bertz CT molecular complexity index is 956. The van der Waals surface area contributed by atoms with Gasteiger partial charge in [-0.1, -0.05) is 30.3 Å². The minimum Gasteiger partial charge on any atom is -0.491 e. The summed E-state index contributed by atoms with van der Waals surface area (Å²) in [7, 11) is 0. The van der Waals surface area contributed by atoms with E-state index in [0.29, 0.717) is 17.3 Å². The molecule has 3 aromatic rings. The molecule has 0 aliphatic heterocycles. The number of amides is 1. The van der Waals surface area contributed by atoms with Crippen molar-refractivity contribution in [2.45, 2.75) is 39.8 Å². The topological polar surface area (TPSA) is 76.1 Å². The van der Waals surface area contributed by atoms with Gasteiger partial charge in [0.15, 0.2) is 0 Å². The quantitative estimate of drug-likeness (QED) is 0.606. The van der Waals surface area contributed by atoms with Crippen molar-refractivity contribution in [1.29, 1.82) is 0 Å². The Labute approximate surface area is 171 Å². The molecule has 6 heteroatoms. The van der Waals surface area contributed by atoms with Gasteiger partial charge in [0.05, 0.1) is 12.1 Å². The number of hydrogen-bond donors (Lipinski definition) is 2. The molecular formula is C23H26N4O2. The van der Waals surface area contributed by atoms with Crippen LogP contribution < -0.4 is 15.4 Å². The molecule has 0 aliphatic carbocycles. The summed E-state index contributed by atoms with van der Waals surface area (Å²) in [6, 6.07) is 18.9. The van der Waals surface area contributed by atoms with Crippen LogP contribution in [0.5, 0.6) is 5.75 Å². The number of anilines is 2. The van der Waals surface area contributed by atoms with Crippen LogP contribution >= 0.6 is 0 Å². The minimum absolute atomic E-state index is 0.119. The first-order chi connectivity index (χ1) is 13.9. The lowest BCUT2D eigenvalue weighted by Gasteiger charge is -2.15. The highest BCUT2D eigenvalue weighted by Gasteiger charge is 2.14. The molecule has 3 rings (SSSR count). The van der Waals surface area contributed by atoms with Crippen molar-refractivity contribution >= 4 is 17.5 Å².